The van der Waals surface area contributed by atoms with E-state index in [1.165, 1.54) is 19.1 Å². The maximum Gasteiger partial charge on any atom is 0.276 e. The molecule has 0 bridgehead atoms. The minimum Gasteiger partial charge on any atom is -0.388 e. The van der Waals surface area contributed by atoms with Gasteiger partial charge in [-0.05, 0) is 6.07 Å². The largest absolute Gasteiger partial charge is 0.388 e. The summed E-state index contributed by atoms with van der Waals surface area (Å²) in [6, 6.07) is 3.50. The van der Waals surface area contributed by atoms with Gasteiger partial charge in [-0.2, -0.15) is 0 Å². The molecular weight excluding hydrogens is 268 g/mol. The van der Waals surface area contributed by atoms with Crippen LogP contribution in [0.2, 0.25) is 0 Å². The summed E-state index contributed by atoms with van der Waals surface area (Å²) >= 11 is 0. The number of nitro benzene ring substituents is 1. The maximum absolute atomic E-state index is 10.9. The molecule has 0 aliphatic heterocycles. The third-order valence-electron chi connectivity index (χ3n) is 2.63. The molecule has 8 heteroatoms. The van der Waals surface area contributed by atoms with Gasteiger partial charge in [-0.1, -0.05) is 6.07 Å². The second-order valence-electron chi connectivity index (χ2n) is 4.14. The van der Waals surface area contributed by atoms with E-state index in [1.807, 2.05) is 0 Å². The molecule has 20 heavy (non-hydrogen) atoms. The Balaban J connectivity index is 3.02. The van der Waals surface area contributed by atoms with Crippen LogP contribution < -0.4 is 5.32 Å². The number of hydrogen-bond donors (Lipinski definition) is 3. The normalized spacial score (nSPS) is 13.3. The molecule has 1 aromatic carbocycles. The van der Waals surface area contributed by atoms with E-state index in [1.54, 1.807) is 0 Å². The molecule has 0 fully saturated rings. The number of carbonyl (C=O) groups is 2. The van der Waals surface area contributed by atoms with Crippen molar-refractivity contribution in [3.8, 4) is 0 Å². The standard InChI is InChI=1S/C12H14N2O6/c1-7(16)13-5-11(17)12(18)9-3-2-8(6-15)4-10(9)14(19)20/h2-4,6,11-12,17-18H,5H2,1H3,(H,13,16). The third kappa shape index (κ3) is 3.84. The summed E-state index contributed by atoms with van der Waals surface area (Å²) in [6.45, 7) is 0.990. The van der Waals surface area contributed by atoms with E-state index in [4.69, 9.17) is 0 Å². The van der Waals surface area contributed by atoms with Gasteiger partial charge in [0.15, 0.2) is 0 Å². The van der Waals surface area contributed by atoms with E-state index >= 15 is 0 Å². The van der Waals surface area contributed by atoms with E-state index in [9.17, 15) is 29.9 Å². The zero-order valence-corrected chi connectivity index (χ0v) is 10.6. The molecule has 0 saturated carbocycles. The summed E-state index contributed by atoms with van der Waals surface area (Å²) in [5.41, 5.74) is -0.508. The fourth-order valence-electron chi connectivity index (χ4n) is 1.61. The van der Waals surface area contributed by atoms with E-state index < -0.39 is 28.7 Å². The number of carbonyl (C=O) groups excluding carboxylic acids is 2. The molecule has 8 nitrogen and oxygen atoms in total. The summed E-state index contributed by atoms with van der Waals surface area (Å²) in [6.07, 6.45) is -2.51. The maximum atomic E-state index is 10.9. The zero-order chi connectivity index (χ0) is 15.3. The molecule has 0 aliphatic rings. The molecule has 3 N–H and O–H groups in total. The van der Waals surface area contributed by atoms with Crippen molar-refractivity contribution in [2.45, 2.75) is 19.1 Å². The SMILES string of the molecule is CC(=O)NCC(O)C(O)c1ccc(C=O)cc1[N+](=O)[O-]. The van der Waals surface area contributed by atoms with Gasteiger partial charge < -0.3 is 15.5 Å². The van der Waals surface area contributed by atoms with Crippen LogP contribution in [0.3, 0.4) is 0 Å². The van der Waals surface area contributed by atoms with E-state index in [-0.39, 0.29) is 17.7 Å². The van der Waals surface area contributed by atoms with Crippen LogP contribution in [0.15, 0.2) is 18.2 Å². The Bertz CT molecular complexity index is 531. The van der Waals surface area contributed by atoms with Crippen molar-refractivity contribution in [1.29, 1.82) is 0 Å². The molecule has 1 aromatic rings. The van der Waals surface area contributed by atoms with Gasteiger partial charge in [-0.3, -0.25) is 19.7 Å². The molecule has 1 rings (SSSR count). The summed E-state index contributed by atoms with van der Waals surface area (Å²) in [7, 11) is 0. The van der Waals surface area contributed by atoms with Crippen LogP contribution in [0.5, 0.6) is 0 Å². The van der Waals surface area contributed by atoms with Crippen LogP contribution in [0.25, 0.3) is 0 Å². The van der Waals surface area contributed by atoms with Crippen molar-refractivity contribution < 1.29 is 24.7 Å². The number of aliphatic hydroxyl groups excluding tert-OH is 2. The molecule has 0 saturated heterocycles. The summed E-state index contributed by atoms with van der Waals surface area (Å²) in [4.78, 5) is 31.5. The minimum atomic E-state index is -1.55. The zero-order valence-electron chi connectivity index (χ0n) is 10.6. The first-order valence-electron chi connectivity index (χ1n) is 5.71. The van der Waals surface area contributed by atoms with Gasteiger partial charge in [0.25, 0.3) is 5.69 Å². The third-order valence-corrected chi connectivity index (χ3v) is 2.63. The molecule has 0 aromatic heterocycles. The molecule has 0 heterocycles. The topological polar surface area (TPSA) is 130 Å². The van der Waals surface area contributed by atoms with Crippen molar-refractivity contribution in [2.75, 3.05) is 6.54 Å². The number of benzene rings is 1. The fourth-order valence-corrected chi connectivity index (χ4v) is 1.61. The molecule has 0 aliphatic carbocycles. The smallest absolute Gasteiger partial charge is 0.276 e. The molecular formula is C12H14N2O6. The van der Waals surface area contributed by atoms with Crippen LogP contribution in [0.1, 0.15) is 28.9 Å². The number of aldehydes is 1. The second kappa shape index (κ2) is 6.73. The number of hydrogen-bond acceptors (Lipinski definition) is 6. The first-order valence-corrected chi connectivity index (χ1v) is 5.71. The number of nitro groups is 1. The first kappa shape index (κ1) is 15.7. The Labute approximate surface area is 114 Å². The van der Waals surface area contributed by atoms with Crippen molar-refractivity contribution >= 4 is 17.9 Å². The van der Waals surface area contributed by atoms with Gasteiger partial charge in [0.2, 0.25) is 5.91 Å². The molecule has 0 radical (unpaired) electrons. The molecule has 0 spiro atoms. The van der Waals surface area contributed by atoms with Gasteiger partial charge >= 0.3 is 0 Å². The van der Waals surface area contributed by atoms with Gasteiger partial charge in [0, 0.05) is 25.1 Å². The Kier molecular flexibility index (Phi) is 5.30. The number of rotatable bonds is 6. The average molecular weight is 282 g/mol. The number of aliphatic hydroxyl groups is 2. The Morgan fingerprint density at radius 2 is 2.15 bits per heavy atom. The van der Waals surface area contributed by atoms with Crippen molar-refractivity contribution in [1.82, 2.24) is 5.32 Å². The molecule has 2 atom stereocenters. The number of nitrogens with one attached hydrogen (secondary N) is 1. The average Bonchev–Trinajstić information content (AvgIpc) is 2.43. The molecule has 1 amide bonds. The summed E-state index contributed by atoms with van der Waals surface area (Å²) in [5, 5.41) is 32.8. The van der Waals surface area contributed by atoms with E-state index in [0.29, 0.717) is 6.29 Å². The number of nitrogens with zero attached hydrogens (tertiary/aromatic N) is 1. The first-order chi connectivity index (χ1) is 9.36. The van der Waals surface area contributed by atoms with Crippen LogP contribution in [0, 0.1) is 10.1 Å². The predicted octanol–water partition coefficient (Wildman–Crippen LogP) is -0.0623. The monoisotopic (exact) mass is 282 g/mol. The van der Waals surface area contributed by atoms with Crippen LogP contribution >= 0.6 is 0 Å². The molecule has 2 unspecified atom stereocenters. The van der Waals surface area contributed by atoms with Crippen molar-refractivity contribution in [3.63, 3.8) is 0 Å². The van der Waals surface area contributed by atoms with Gasteiger partial charge in [0.05, 0.1) is 10.5 Å². The van der Waals surface area contributed by atoms with Crippen LogP contribution in [-0.4, -0.2) is 40.0 Å². The molecule has 108 valence electrons. The highest BCUT2D eigenvalue weighted by Gasteiger charge is 2.26. The van der Waals surface area contributed by atoms with Gasteiger partial charge in [0.1, 0.15) is 18.5 Å². The van der Waals surface area contributed by atoms with E-state index in [0.717, 1.165) is 6.07 Å². The van der Waals surface area contributed by atoms with Gasteiger partial charge in [-0.15, -0.1) is 0 Å². The van der Waals surface area contributed by atoms with Crippen LogP contribution in [-0.2, 0) is 4.79 Å². The van der Waals surface area contributed by atoms with Crippen molar-refractivity contribution in [2.24, 2.45) is 0 Å². The Morgan fingerprint density at radius 3 is 2.65 bits per heavy atom. The highest BCUT2D eigenvalue weighted by Crippen LogP contribution is 2.28. The van der Waals surface area contributed by atoms with Gasteiger partial charge in [-0.25, -0.2) is 0 Å². The van der Waals surface area contributed by atoms with Crippen LogP contribution in [0.4, 0.5) is 5.69 Å². The highest BCUT2D eigenvalue weighted by molar-refractivity contribution is 5.76. The lowest BCUT2D eigenvalue weighted by molar-refractivity contribution is -0.386. The highest BCUT2D eigenvalue weighted by atomic mass is 16.6. The Hall–Kier alpha value is -2.32. The lowest BCUT2D eigenvalue weighted by atomic mass is 10.0. The van der Waals surface area contributed by atoms with E-state index in [2.05, 4.69) is 5.32 Å². The fraction of sp³-hybridized carbons (Fsp3) is 0.333. The summed E-state index contributed by atoms with van der Waals surface area (Å²) in [5.74, 6) is -0.401. The second-order valence-corrected chi connectivity index (χ2v) is 4.14. The minimum absolute atomic E-state index is 0.0870. The number of amides is 1. The lowest BCUT2D eigenvalue weighted by Crippen LogP contribution is -2.34. The lowest BCUT2D eigenvalue weighted by Gasteiger charge is -2.18. The summed E-state index contributed by atoms with van der Waals surface area (Å²) < 4.78 is 0. The quantitative estimate of drug-likeness (QED) is 0.380. The predicted molar refractivity (Wildman–Crippen MR) is 68.1 cm³/mol. The van der Waals surface area contributed by atoms with Crippen molar-refractivity contribution in [3.05, 3.63) is 39.4 Å². The Morgan fingerprint density at radius 1 is 1.50 bits per heavy atom.